The van der Waals surface area contributed by atoms with Crippen molar-refractivity contribution in [3.05, 3.63) is 137 Å². The van der Waals surface area contributed by atoms with Gasteiger partial charge in [0.1, 0.15) is 18.2 Å². The number of nitrogens with zero attached hydrogens (tertiary/aromatic N) is 2. The molecule has 1 aliphatic heterocycles. The number of hydrogen-bond acceptors (Lipinski definition) is 6. The Balaban J connectivity index is 1.53. The van der Waals surface area contributed by atoms with E-state index in [-0.39, 0.29) is 37.7 Å². The van der Waals surface area contributed by atoms with Gasteiger partial charge in [-0.3, -0.25) is 15.1 Å². The summed E-state index contributed by atoms with van der Waals surface area (Å²) < 4.78 is 47.6. The molecule has 4 N–H and O–H groups in total. The van der Waals surface area contributed by atoms with Crippen molar-refractivity contribution < 1.29 is 37.3 Å². The van der Waals surface area contributed by atoms with Crippen molar-refractivity contribution in [1.82, 2.24) is 19.8 Å². The van der Waals surface area contributed by atoms with Gasteiger partial charge in [-0.2, -0.15) is 0 Å². The predicted octanol–water partition coefficient (Wildman–Crippen LogP) is 6.90. The van der Waals surface area contributed by atoms with Gasteiger partial charge in [-0.25, -0.2) is 27.1 Å². The number of nitrogens with one attached hydrogen (secondary N) is 2. The van der Waals surface area contributed by atoms with Gasteiger partial charge in [0.15, 0.2) is 5.79 Å². The van der Waals surface area contributed by atoms with Crippen molar-refractivity contribution in [2.75, 3.05) is 25.4 Å². The number of ether oxygens (including phenoxy) is 1. The van der Waals surface area contributed by atoms with Crippen LogP contribution in [-0.2, 0) is 34.8 Å². The summed E-state index contributed by atoms with van der Waals surface area (Å²) in [6, 6.07) is 29.8. The fourth-order valence-electron chi connectivity index (χ4n) is 8.15. The summed E-state index contributed by atoms with van der Waals surface area (Å²) in [6.45, 7) is 2.12. The van der Waals surface area contributed by atoms with E-state index in [4.69, 9.17) is 4.74 Å². The van der Waals surface area contributed by atoms with Gasteiger partial charge in [0.25, 0.3) is 0 Å². The molecule has 2 amide bonds. The highest BCUT2D eigenvalue weighted by molar-refractivity contribution is 7.89. The van der Waals surface area contributed by atoms with Crippen molar-refractivity contribution >= 4 is 22.2 Å². The highest BCUT2D eigenvalue weighted by Crippen LogP contribution is 2.58. The van der Waals surface area contributed by atoms with E-state index < -0.39 is 39.5 Å². The molecule has 0 spiro atoms. The lowest BCUT2D eigenvalue weighted by Crippen LogP contribution is -2.74. The second kappa shape index (κ2) is 16.6. The molecule has 11 nitrogen and oxygen atoms in total. The van der Waals surface area contributed by atoms with Crippen LogP contribution in [0.4, 0.5) is 14.0 Å². The molecule has 286 valence electrons. The average molecular weight is 759 g/mol. The van der Waals surface area contributed by atoms with Gasteiger partial charge in [0.2, 0.25) is 10.0 Å². The minimum atomic E-state index is -3.43. The van der Waals surface area contributed by atoms with Gasteiger partial charge >= 0.3 is 12.2 Å². The molecule has 4 aromatic rings. The Kier molecular flexibility index (Phi) is 11.9. The number of hydrogen-bond donors (Lipinski definition) is 4. The fourth-order valence-corrected chi connectivity index (χ4v) is 9.23. The zero-order chi connectivity index (χ0) is 38.3. The summed E-state index contributed by atoms with van der Waals surface area (Å²) in [5.41, 5.74) is 3.45. The van der Waals surface area contributed by atoms with Crippen LogP contribution < -0.4 is 14.8 Å². The van der Waals surface area contributed by atoms with E-state index in [1.165, 1.54) is 17.0 Å². The Morgan fingerprint density at radius 2 is 1.63 bits per heavy atom. The molecule has 0 saturated heterocycles. The van der Waals surface area contributed by atoms with E-state index in [0.717, 1.165) is 28.7 Å². The van der Waals surface area contributed by atoms with Crippen LogP contribution in [0.5, 0.6) is 5.75 Å². The summed E-state index contributed by atoms with van der Waals surface area (Å²) >= 11 is 0. The lowest BCUT2D eigenvalue weighted by molar-refractivity contribution is -0.121. The van der Waals surface area contributed by atoms with Crippen LogP contribution in [0.3, 0.4) is 0 Å². The van der Waals surface area contributed by atoms with E-state index in [9.17, 15) is 32.6 Å². The smallest absolute Gasteiger partial charge is 0.410 e. The van der Waals surface area contributed by atoms with Crippen LogP contribution in [0.2, 0.25) is 0 Å². The second-order valence-electron chi connectivity index (χ2n) is 14.0. The van der Waals surface area contributed by atoms with Gasteiger partial charge in [0.05, 0.1) is 12.3 Å². The van der Waals surface area contributed by atoms with Crippen LogP contribution in [-0.4, -0.2) is 71.9 Å². The summed E-state index contributed by atoms with van der Waals surface area (Å²) in [6.07, 6.45) is 0.477. The lowest BCUT2D eigenvalue weighted by atomic mass is 9.57. The molecular weight excluding hydrogens is 712 g/mol. The van der Waals surface area contributed by atoms with E-state index in [0.29, 0.717) is 43.5 Å². The summed E-state index contributed by atoms with van der Waals surface area (Å²) in [5.74, 6) is -1.70. The van der Waals surface area contributed by atoms with E-state index >= 15 is 0 Å². The molecule has 1 aliphatic carbocycles. The molecule has 0 bridgehead atoms. The first kappa shape index (κ1) is 38.7. The maximum absolute atomic E-state index is 14.4. The molecule has 0 radical (unpaired) electrons. The first-order valence-electron chi connectivity index (χ1n) is 18.3. The lowest BCUT2D eigenvalue weighted by Gasteiger charge is -2.60. The molecule has 6 rings (SSSR count). The molecule has 1 heterocycles. The van der Waals surface area contributed by atoms with Crippen LogP contribution >= 0.6 is 0 Å². The molecule has 2 aliphatic rings. The molecule has 0 aromatic heterocycles. The molecule has 54 heavy (non-hydrogen) atoms. The second-order valence-corrected chi connectivity index (χ2v) is 16.0. The Morgan fingerprint density at radius 1 is 0.963 bits per heavy atom. The monoisotopic (exact) mass is 758 g/mol. The number of benzene rings is 4. The van der Waals surface area contributed by atoms with E-state index in [1.807, 2.05) is 83.8 Å². The third kappa shape index (κ3) is 8.38. The van der Waals surface area contributed by atoms with Crippen LogP contribution in [0.15, 0.2) is 103 Å². The number of rotatable bonds is 16. The third-order valence-corrected chi connectivity index (χ3v) is 12.2. The Hall–Kier alpha value is -4.98. The normalized spacial score (nSPS) is 17.7. The number of halogens is 1. The van der Waals surface area contributed by atoms with Crippen LogP contribution in [0.25, 0.3) is 0 Å². The predicted molar refractivity (Wildman–Crippen MR) is 203 cm³/mol. The van der Waals surface area contributed by atoms with Gasteiger partial charge in [-0.05, 0) is 77.8 Å². The third-order valence-electron chi connectivity index (χ3n) is 10.6. The molecule has 2 unspecified atom stereocenters. The highest BCUT2D eigenvalue weighted by atomic mass is 32.2. The Labute approximate surface area is 315 Å². The Bertz CT molecular complexity index is 2010. The largest absolute Gasteiger partial charge is 0.492 e. The topological polar surface area (TPSA) is 149 Å². The molecular formula is C41H47FN4O7S. The van der Waals surface area contributed by atoms with Gasteiger partial charge in [-0.1, -0.05) is 92.2 Å². The quantitative estimate of drug-likeness (QED) is 0.0713. The number of sulfonamides is 1. The van der Waals surface area contributed by atoms with Crippen molar-refractivity contribution in [3.8, 4) is 5.75 Å². The fraction of sp³-hybridized carbons (Fsp3) is 0.366. The Morgan fingerprint density at radius 3 is 2.22 bits per heavy atom. The number of amides is 2. The van der Waals surface area contributed by atoms with E-state index in [2.05, 4.69) is 10.0 Å². The summed E-state index contributed by atoms with van der Waals surface area (Å²) in [7, 11) is -3.43. The number of carbonyl (C=O) groups is 2. The van der Waals surface area contributed by atoms with Gasteiger partial charge in [-0.15, -0.1) is 0 Å². The van der Waals surface area contributed by atoms with Crippen molar-refractivity contribution in [3.63, 3.8) is 0 Å². The van der Waals surface area contributed by atoms with Crippen molar-refractivity contribution in [2.24, 2.45) is 0 Å². The van der Waals surface area contributed by atoms with Crippen LogP contribution in [0.1, 0.15) is 66.5 Å². The maximum atomic E-state index is 14.4. The zero-order valence-corrected chi connectivity index (χ0v) is 31.1. The zero-order valence-electron chi connectivity index (χ0n) is 30.3. The molecule has 2 atom stereocenters. The first-order chi connectivity index (χ1) is 26.0. The summed E-state index contributed by atoms with van der Waals surface area (Å²) in [4.78, 5) is 29.9. The van der Waals surface area contributed by atoms with Crippen LogP contribution in [0, 0.1) is 5.82 Å². The average Bonchev–Trinajstić information content (AvgIpc) is 3.13. The molecule has 4 aromatic carbocycles. The molecule has 1 fully saturated rings. The minimum absolute atomic E-state index is 0.0152. The van der Waals surface area contributed by atoms with Crippen molar-refractivity contribution in [2.45, 2.75) is 69.2 Å². The maximum Gasteiger partial charge on any atom is 0.410 e. The van der Waals surface area contributed by atoms with Gasteiger partial charge < -0.3 is 14.9 Å². The van der Waals surface area contributed by atoms with Crippen molar-refractivity contribution in [1.29, 1.82) is 0 Å². The highest BCUT2D eigenvalue weighted by Gasteiger charge is 2.58. The SMILES string of the molecule is CCCS(=O)(=O)NCCOc1ccc2c(c1)C(C1(c3ccc(F)cc3)CCC1)N(C(Cc1ccccc1)(NC(=O)O)N(Cc1ccccc1)C(=O)O)CC2. The standard InChI is InChI=1S/C41H47FN4O7S/c1-2-26-54(51,52)43-23-25-53-35-19-14-32-20-24-45(37(36(32)27-35)40(21-9-22-40)33-15-17-34(42)18-16-33)41(44-38(47)48,28-30-10-5-3-6-11-30)46(39(49)50)29-31-12-7-4-8-13-31/h3-8,10-19,27,37,43-44H,2,9,20-26,28-29H2,1H3,(H,47,48)(H,49,50). The number of fused-ring (bicyclic) bond motifs is 1. The van der Waals surface area contributed by atoms with E-state index in [1.54, 1.807) is 19.1 Å². The first-order valence-corrected chi connectivity index (χ1v) is 20.0. The minimum Gasteiger partial charge on any atom is -0.492 e. The number of carboxylic acid groups (broad SMARTS) is 2. The molecule has 1 saturated carbocycles. The molecule has 13 heteroatoms. The summed E-state index contributed by atoms with van der Waals surface area (Å²) in [5, 5.41) is 24.5. The van der Waals surface area contributed by atoms with Gasteiger partial charge in [0, 0.05) is 31.0 Å².